The number of aliphatic hydroxyl groups excluding tert-OH is 8. The van der Waals surface area contributed by atoms with Crippen LogP contribution in [0.4, 0.5) is 0 Å². The standard InChI is InChI=1S/C89H163NO13/c1-3-5-7-9-11-13-15-17-19-21-23-25-27-29-31-33-35-37-38-39-40-41-43-45-47-49-51-53-55-57-59-61-63-65-67-69-71-73-81(94)90-77(76-100-88-86(99)84(97)87(80(75-92)102-88)103-89-85(98)83(96)82(95)79(74-91)101-89)78(93)72-70-68-66-64-62-60-58-56-54-52-50-48-46-44-42-36-34-32-30-28-26-24-22-20-18-16-14-12-10-8-6-4-2/h15,17,21,23,27,29,54,56,62,64,70,72,77-80,82-89,91-93,95-99H,3-14,16,18-20,22,24-26,28,30-53,55,57-61,63,65-69,71,73-76H2,1-2H3,(H,90,94)/b17-15-,23-21-,29-27-,56-54+,64-62+,72-70+. The van der Waals surface area contributed by atoms with Crippen molar-refractivity contribution >= 4 is 5.91 Å². The predicted octanol–water partition coefficient (Wildman–Crippen LogP) is 20.9. The molecule has 602 valence electrons. The lowest BCUT2D eigenvalue weighted by atomic mass is 9.97. The van der Waals surface area contributed by atoms with Crippen molar-refractivity contribution in [3.05, 3.63) is 72.9 Å². The Morgan fingerprint density at radius 1 is 0.350 bits per heavy atom. The highest BCUT2D eigenvalue weighted by Crippen LogP contribution is 2.30. The van der Waals surface area contributed by atoms with Gasteiger partial charge in [-0.15, -0.1) is 0 Å². The first-order valence-electron chi connectivity index (χ1n) is 43.7. The molecule has 14 heteroatoms. The predicted molar refractivity (Wildman–Crippen MR) is 429 cm³/mol. The van der Waals surface area contributed by atoms with Crippen molar-refractivity contribution in [1.29, 1.82) is 0 Å². The van der Waals surface area contributed by atoms with Crippen molar-refractivity contribution in [2.45, 2.75) is 466 Å². The van der Waals surface area contributed by atoms with Gasteiger partial charge in [-0.25, -0.2) is 0 Å². The number of unbranched alkanes of at least 4 members (excludes halogenated alkanes) is 51. The van der Waals surface area contributed by atoms with Crippen LogP contribution in [0.1, 0.15) is 393 Å². The molecule has 12 atom stereocenters. The van der Waals surface area contributed by atoms with Crippen LogP contribution in [0.15, 0.2) is 72.9 Å². The zero-order chi connectivity index (χ0) is 74.4. The number of amides is 1. The van der Waals surface area contributed by atoms with E-state index in [1.807, 2.05) is 6.08 Å². The fourth-order valence-electron chi connectivity index (χ4n) is 14.2. The zero-order valence-electron chi connectivity index (χ0n) is 66.3. The maximum atomic E-state index is 13.4. The molecule has 2 fully saturated rings. The monoisotopic (exact) mass is 1450 g/mol. The van der Waals surface area contributed by atoms with Crippen molar-refractivity contribution in [2.24, 2.45) is 0 Å². The third-order valence-electron chi connectivity index (χ3n) is 21.1. The second kappa shape index (κ2) is 72.3. The van der Waals surface area contributed by atoms with Crippen LogP contribution >= 0.6 is 0 Å². The number of hydrogen-bond acceptors (Lipinski definition) is 13. The Morgan fingerprint density at radius 2 is 0.650 bits per heavy atom. The summed E-state index contributed by atoms with van der Waals surface area (Å²) >= 11 is 0. The third-order valence-corrected chi connectivity index (χ3v) is 21.1. The molecule has 0 spiro atoms. The Kier molecular flexibility index (Phi) is 67.7. The summed E-state index contributed by atoms with van der Waals surface area (Å²) in [6, 6.07) is -0.942. The molecule has 14 nitrogen and oxygen atoms in total. The van der Waals surface area contributed by atoms with Gasteiger partial charge in [0, 0.05) is 6.42 Å². The summed E-state index contributed by atoms with van der Waals surface area (Å²) in [5, 5.41) is 87.8. The average molecular weight is 1460 g/mol. The Balaban J connectivity index is 1.60. The van der Waals surface area contributed by atoms with Gasteiger partial charge in [0.15, 0.2) is 12.6 Å². The van der Waals surface area contributed by atoms with Crippen LogP contribution in [-0.4, -0.2) is 140 Å². The number of carbonyl (C=O) groups is 1. The molecule has 2 aliphatic heterocycles. The summed E-state index contributed by atoms with van der Waals surface area (Å²) in [6.45, 7) is 2.82. The van der Waals surface area contributed by atoms with Gasteiger partial charge in [0.25, 0.3) is 0 Å². The van der Waals surface area contributed by atoms with Crippen molar-refractivity contribution < 1.29 is 64.6 Å². The number of allylic oxidation sites excluding steroid dienone is 11. The van der Waals surface area contributed by atoms with Gasteiger partial charge in [0.1, 0.15) is 48.8 Å². The highest BCUT2D eigenvalue weighted by Gasteiger charge is 2.51. The van der Waals surface area contributed by atoms with Crippen LogP contribution in [0.25, 0.3) is 0 Å². The first-order chi connectivity index (χ1) is 50.6. The van der Waals surface area contributed by atoms with Gasteiger partial charge in [-0.2, -0.15) is 0 Å². The number of aliphatic hydroxyl groups is 8. The zero-order valence-corrected chi connectivity index (χ0v) is 66.3. The van der Waals surface area contributed by atoms with E-state index in [0.29, 0.717) is 12.8 Å². The lowest BCUT2D eigenvalue weighted by Crippen LogP contribution is -2.65. The van der Waals surface area contributed by atoms with Gasteiger partial charge in [-0.05, 0) is 83.5 Å². The molecule has 0 aromatic carbocycles. The number of rotatable bonds is 74. The van der Waals surface area contributed by atoms with Gasteiger partial charge in [-0.3, -0.25) is 4.79 Å². The smallest absolute Gasteiger partial charge is 0.220 e. The van der Waals surface area contributed by atoms with Gasteiger partial charge in [0.05, 0.1) is 32.0 Å². The molecular weight excluding hydrogens is 1290 g/mol. The minimum Gasteiger partial charge on any atom is -0.394 e. The van der Waals surface area contributed by atoms with Crippen LogP contribution < -0.4 is 5.32 Å². The number of hydrogen-bond donors (Lipinski definition) is 9. The molecule has 0 aromatic heterocycles. The molecular formula is C89H163NO13. The first-order valence-corrected chi connectivity index (χ1v) is 43.7. The summed E-state index contributed by atoms with van der Waals surface area (Å²) in [5.74, 6) is -0.247. The molecule has 12 unspecified atom stereocenters. The maximum absolute atomic E-state index is 13.4. The number of nitrogens with one attached hydrogen (secondary N) is 1. The summed E-state index contributed by atoms with van der Waals surface area (Å²) in [4.78, 5) is 13.4. The fourth-order valence-corrected chi connectivity index (χ4v) is 14.2. The lowest BCUT2D eigenvalue weighted by Gasteiger charge is -2.46. The Labute approximate surface area is 631 Å². The molecule has 0 aliphatic carbocycles. The summed E-state index contributed by atoms with van der Waals surface area (Å²) in [6.07, 6.45) is 84.4. The van der Waals surface area contributed by atoms with Crippen molar-refractivity contribution in [3.63, 3.8) is 0 Å². The van der Waals surface area contributed by atoms with Crippen molar-refractivity contribution in [1.82, 2.24) is 5.32 Å². The minimum absolute atomic E-state index is 0.247. The molecule has 0 saturated carbocycles. The van der Waals surface area contributed by atoms with Crippen LogP contribution in [0.3, 0.4) is 0 Å². The second-order valence-corrected chi connectivity index (χ2v) is 30.6. The second-order valence-electron chi connectivity index (χ2n) is 30.6. The van der Waals surface area contributed by atoms with Crippen molar-refractivity contribution in [2.75, 3.05) is 19.8 Å². The molecule has 2 heterocycles. The van der Waals surface area contributed by atoms with E-state index in [0.717, 1.165) is 57.8 Å². The fraction of sp³-hybridized carbons (Fsp3) is 0.854. The van der Waals surface area contributed by atoms with Crippen LogP contribution in [0.5, 0.6) is 0 Å². The molecule has 0 bridgehead atoms. The first kappa shape index (κ1) is 96.5. The van der Waals surface area contributed by atoms with E-state index >= 15 is 0 Å². The Hall–Kier alpha value is -2.57. The van der Waals surface area contributed by atoms with E-state index in [4.69, 9.17) is 18.9 Å². The Bertz CT molecular complexity index is 2010. The van der Waals surface area contributed by atoms with Crippen LogP contribution in [-0.2, 0) is 23.7 Å². The molecule has 0 radical (unpaired) electrons. The SMILES string of the molecule is CCCCCCC/C=C\C/C=C\C/C=C\CCCCCCCCCCCCCCCCCCCCCCCCC(=O)NC(COC1OC(CO)C(OC2OC(CO)C(O)C(O)C2O)C(O)C1O)C(O)/C=C/CC/C=C/CC/C=C/CCCCCCCCCCCCCCCCCCCCCCCC. The van der Waals surface area contributed by atoms with E-state index in [2.05, 4.69) is 79.9 Å². The van der Waals surface area contributed by atoms with E-state index in [1.54, 1.807) is 6.08 Å². The van der Waals surface area contributed by atoms with Gasteiger partial charge < -0.3 is 65.1 Å². The van der Waals surface area contributed by atoms with E-state index in [9.17, 15) is 45.6 Å². The number of ether oxygens (including phenoxy) is 4. The summed E-state index contributed by atoms with van der Waals surface area (Å²) in [5.41, 5.74) is 0. The average Bonchev–Trinajstić information content (AvgIpc) is 0.791. The van der Waals surface area contributed by atoms with Crippen molar-refractivity contribution in [3.8, 4) is 0 Å². The molecule has 2 saturated heterocycles. The lowest BCUT2D eigenvalue weighted by molar-refractivity contribution is -0.359. The van der Waals surface area contributed by atoms with Gasteiger partial charge >= 0.3 is 0 Å². The van der Waals surface area contributed by atoms with Gasteiger partial charge in [-0.1, -0.05) is 376 Å². The van der Waals surface area contributed by atoms with E-state index in [1.165, 1.54) is 302 Å². The van der Waals surface area contributed by atoms with E-state index in [-0.39, 0.29) is 18.9 Å². The minimum atomic E-state index is -1.80. The summed E-state index contributed by atoms with van der Waals surface area (Å²) < 4.78 is 22.9. The summed E-state index contributed by atoms with van der Waals surface area (Å²) in [7, 11) is 0. The topological polar surface area (TPSA) is 228 Å². The molecule has 1 amide bonds. The number of carbonyl (C=O) groups excluding carboxylic acids is 1. The molecule has 9 N–H and O–H groups in total. The molecule has 2 aliphatic rings. The largest absolute Gasteiger partial charge is 0.394 e. The normalized spacial score (nSPS) is 21.9. The molecule has 0 aromatic rings. The highest BCUT2D eigenvalue weighted by molar-refractivity contribution is 5.76. The maximum Gasteiger partial charge on any atom is 0.220 e. The molecule has 2 rings (SSSR count). The third kappa shape index (κ3) is 54.6. The van der Waals surface area contributed by atoms with Crippen LogP contribution in [0, 0.1) is 0 Å². The van der Waals surface area contributed by atoms with Gasteiger partial charge in [0.2, 0.25) is 5.91 Å². The molecule has 103 heavy (non-hydrogen) atoms. The Morgan fingerprint density at radius 3 is 1.02 bits per heavy atom. The highest BCUT2D eigenvalue weighted by atomic mass is 16.7. The van der Waals surface area contributed by atoms with E-state index < -0.39 is 86.8 Å². The van der Waals surface area contributed by atoms with Crippen LogP contribution in [0.2, 0.25) is 0 Å². The quantitative estimate of drug-likeness (QED) is 0.0204.